The van der Waals surface area contributed by atoms with E-state index in [9.17, 15) is 23.3 Å². The van der Waals surface area contributed by atoms with E-state index in [1.807, 2.05) is 0 Å². The molecule has 0 saturated carbocycles. The fourth-order valence-corrected chi connectivity index (χ4v) is 4.78. The Morgan fingerprint density at radius 3 is 2.24 bits per heavy atom. The van der Waals surface area contributed by atoms with Gasteiger partial charge in [0, 0.05) is 31.2 Å². The molecule has 1 aliphatic rings. The van der Waals surface area contributed by atoms with Crippen molar-refractivity contribution in [2.75, 3.05) is 39.9 Å². The number of methoxy groups -OCH3 is 1. The number of carbonyl (C=O) groups is 2. The highest BCUT2D eigenvalue weighted by atomic mass is 35.5. The second-order valence-corrected chi connectivity index (χ2v) is 9.63. The minimum Gasteiger partial charge on any atom is -0.497 e. The van der Waals surface area contributed by atoms with Crippen molar-refractivity contribution in [3.05, 3.63) is 64.7 Å². The van der Waals surface area contributed by atoms with E-state index in [-0.39, 0.29) is 36.6 Å². The quantitative estimate of drug-likeness (QED) is 0.323. The smallest absolute Gasteiger partial charge is 0.349 e. The number of halogens is 1. The number of piperazine rings is 1. The van der Waals surface area contributed by atoms with Gasteiger partial charge in [0.05, 0.1) is 12.0 Å². The van der Waals surface area contributed by atoms with Gasteiger partial charge in [-0.05, 0) is 48.0 Å². The molecule has 0 radical (unpaired) electrons. The molecule has 1 aliphatic heterocycles. The molecule has 0 spiro atoms. The van der Waals surface area contributed by atoms with Gasteiger partial charge in [0.25, 0.3) is 5.91 Å². The number of ether oxygens (including phenoxy) is 2. The topological polar surface area (TPSA) is 117 Å². The summed E-state index contributed by atoms with van der Waals surface area (Å²) in [6.45, 7) is -0.0483. The summed E-state index contributed by atoms with van der Waals surface area (Å²) < 4.78 is 36.9. The van der Waals surface area contributed by atoms with Crippen LogP contribution in [0.15, 0.2) is 59.0 Å². The number of esters is 1. The van der Waals surface area contributed by atoms with Gasteiger partial charge in [-0.25, -0.2) is 13.2 Å². The Balaban J connectivity index is 1.53. The van der Waals surface area contributed by atoms with Crippen LogP contribution in [0.25, 0.3) is 6.08 Å². The van der Waals surface area contributed by atoms with E-state index >= 15 is 0 Å². The summed E-state index contributed by atoms with van der Waals surface area (Å²) in [7, 11) is -2.18. The number of sulfonamides is 1. The lowest BCUT2D eigenvalue weighted by Gasteiger charge is -2.33. The molecule has 9 nitrogen and oxygen atoms in total. The van der Waals surface area contributed by atoms with E-state index in [1.165, 1.54) is 46.7 Å². The number of amides is 1. The summed E-state index contributed by atoms with van der Waals surface area (Å²) in [4.78, 5) is 26.2. The Morgan fingerprint density at radius 2 is 1.68 bits per heavy atom. The fraction of sp³-hybridized carbons (Fsp3) is 0.261. The molecule has 0 aliphatic carbocycles. The van der Waals surface area contributed by atoms with E-state index in [0.29, 0.717) is 16.3 Å². The highest BCUT2D eigenvalue weighted by Crippen LogP contribution is 2.20. The van der Waals surface area contributed by atoms with E-state index in [4.69, 9.17) is 21.1 Å². The third-order valence-corrected chi connectivity index (χ3v) is 7.30. The van der Waals surface area contributed by atoms with Crippen LogP contribution < -0.4 is 4.74 Å². The third-order valence-electron chi connectivity index (χ3n) is 5.14. The lowest BCUT2D eigenvalue weighted by atomic mass is 10.1. The Morgan fingerprint density at radius 1 is 1.06 bits per heavy atom. The molecule has 0 bridgehead atoms. The van der Waals surface area contributed by atoms with Crippen LogP contribution in [0, 0.1) is 11.3 Å². The first kappa shape index (κ1) is 25.2. The lowest BCUT2D eigenvalue weighted by Crippen LogP contribution is -2.51. The first-order valence-electron chi connectivity index (χ1n) is 10.2. The number of hydrogen-bond acceptors (Lipinski definition) is 7. The van der Waals surface area contributed by atoms with Crippen LogP contribution in [0.5, 0.6) is 5.75 Å². The number of hydrogen-bond donors (Lipinski definition) is 0. The molecular weight excluding hydrogens is 482 g/mol. The van der Waals surface area contributed by atoms with Gasteiger partial charge in [0.15, 0.2) is 6.61 Å². The second kappa shape index (κ2) is 11.2. The zero-order chi connectivity index (χ0) is 24.7. The maximum atomic E-state index is 12.8. The average molecular weight is 504 g/mol. The molecule has 1 amide bonds. The fourth-order valence-electron chi connectivity index (χ4n) is 3.23. The van der Waals surface area contributed by atoms with Crippen molar-refractivity contribution in [1.82, 2.24) is 9.21 Å². The van der Waals surface area contributed by atoms with Gasteiger partial charge >= 0.3 is 5.97 Å². The maximum absolute atomic E-state index is 12.8. The number of nitrogens with zero attached hydrogens (tertiary/aromatic N) is 3. The first-order chi connectivity index (χ1) is 16.2. The number of carbonyl (C=O) groups excluding carboxylic acids is 2. The molecule has 11 heteroatoms. The second-order valence-electron chi connectivity index (χ2n) is 7.26. The zero-order valence-electron chi connectivity index (χ0n) is 18.3. The predicted molar refractivity (Wildman–Crippen MR) is 124 cm³/mol. The molecule has 1 heterocycles. The summed E-state index contributed by atoms with van der Waals surface area (Å²) in [5.74, 6) is -0.765. The molecule has 0 unspecified atom stereocenters. The van der Waals surface area contributed by atoms with Gasteiger partial charge in [0.2, 0.25) is 10.0 Å². The van der Waals surface area contributed by atoms with E-state index in [2.05, 4.69) is 0 Å². The highest BCUT2D eigenvalue weighted by molar-refractivity contribution is 7.89. The molecule has 2 aromatic rings. The standard InChI is InChI=1S/C23H22ClN3O6S/c1-32-20-6-2-17(3-7-20)14-18(15-25)23(29)33-16-22(28)26-10-12-27(13-11-26)34(30,31)21-8-4-19(24)5-9-21/h2-9,14H,10-13,16H2,1H3. The van der Waals surface area contributed by atoms with Gasteiger partial charge in [-0.1, -0.05) is 23.7 Å². The molecule has 178 valence electrons. The Bertz CT molecular complexity index is 1210. The Labute approximate surface area is 202 Å². The van der Waals surface area contributed by atoms with E-state index < -0.39 is 28.5 Å². The van der Waals surface area contributed by atoms with Crippen LogP contribution in [0.2, 0.25) is 5.02 Å². The highest BCUT2D eigenvalue weighted by Gasteiger charge is 2.30. The molecular formula is C23H22ClN3O6S. The van der Waals surface area contributed by atoms with Crippen LogP contribution in [0.1, 0.15) is 5.56 Å². The number of nitriles is 1. The minimum absolute atomic E-state index is 0.103. The molecule has 34 heavy (non-hydrogen) atoms. The minimum atomic E-state index is -3.70. The number of benzene rings is 2. The first-order valence-corrected chi connectivity index (χ1v) is 12.0. The summed E-state index contributed by atoms with van der Waals surface area (Å²) >= 11 is 5.82. The molecule has 1 fully saturated rings. The molecule has 0 N–H and O–H groups in total. The molecule has 0 atom stereocenters. The van der Waals surface area contributed by atoms with Crippen molar-refractivity contribution in [2.45, 2.75) is 4.90 Å². The van der Waals surface area contributed by atoms with Crippen molar-refractivity contribution in [1.29, 1.82) is 5.26 Å². The average Bonchev–Trinajstić information content (AvgIpc) is 2.86. The van der Waals surface area contributed by atoms with Crippen molar-refractivity contribution < 1.29 is 27.5 Å². The van der Waals surface area contributed by atoms with Crippen molar-refractivity contribution in [2.24, 2.45) is 0 Å². The van der Waals surface area contributed by atoms with Gasteiger partial charge in [-0.2, -0.15) is 9.57 Å². The Hall–Kier alpha value is -3.39. The van der Waals surface area contributed by atoms with Gasteiger partial charge in [0.1, 0.15) is 17.4 Å². The summed E-state index contributed by atoms with van der Waals surface area (Å²) in [5.41, 5.74) is 0.343. The number of rotatable bonds is 7. The SMILES string of the molecule is COc1ccc(C=C(C#N)C(=O)OCC(=O)N2CCN(S(=O)(=O)c3ccc(Cl)cc3)CC2)cc1. The molecule has 0 aromatic heterocycles. The molecule has 2 aromatic carbocycles. The summed E-state index contributed by atoms with van der Waals surface area (Å²) in [6, 6.07) is 14.3. The summed E-state index contributed by atoms with van der Waals surface area (Å²) in [5, 5.41) is 9.71. The van der Waals surface area contributed by atoms with Crippen molar-refractivity contribution in [3.63, 3.8) is 0 Å². The van der Waals surface area contributed by atoms with Gasteiger partial charge in [-0.3, -0.25) is 4.79 Å². The largest absolute Gasteiger partial charge is 0.497 e. The van der Waals surface area contributed by atoms with Crippen LogP contribution in [-0.4, -0.2) is 69.4 Å². The Kier molecular flexibility index (Phi) is 8.28. The van der Waals surface area contributed by atoms with Crippen LogP contribution >= 0.6 is 11.6 Å². The summed E-state index contributed by atoms with van der Waals surface area (Å²) in [6.07, 6.45) is 1.35. The van der Waals surface area contributed by atoms with Crippen LogP contribution in [0.3, 0.4) is 0 Å². The monoisotopic (exact) mass is 503 g/mol. The van der Waals surface area contributed by atoms with Crippen molar-refractivity contribution >= 4 is 39.6 Å². The molecule has 1 saturated heterocycles. The molecule has 3 rings (SSSR count). The predicted octanol–water partition coefficient (Wildman–Crippen LogP) is 2.33. The van der Waals surface area contributed by atoms with E-state index in [1.54, 1.807) is 30.3 Å². The van der Waals surface area contributed by atoms with Crippen molar-refractivity contribution in [3.8, 4) is 11.8 Å². The van der Waals surface area contributed by atoms with Gasteiger partial charge < -0.3 is 14.4 Å². The normalized spacial score (nSPS) is 14.9. The zero-order valence-corrected chi connectivity index (χ0v) is 19.9. The van der Waals surface area contributed by atoms with Crippen LogP contribution in [0.4, 0.5) is 0 Å². The van der Waals surface area contributed by atoms with E-state index in [0.717, 1.165) is 0 Å². The third kappa shape index (κ3) is 6.14. The van der Waals surface area contributed by atoms with Gasteiger partial charge in [-0.15, -0.1) is 0 Å². The maximum Gasteiger partial charge on any atom is 0.349 e. The lowest BCUT2D eigenvalue weighted by molar-refractivity contribution is -0.149. The van der Waals surface area contributed by atoms with Crippen LogP contribution in [-0.2, 0) is 24.3 Å².